The molecule has 0 bridgehead atoms. The van der Waals surface area contributed by atoms with Crippen LogP contribution < -0.4 is 5.46 Å². The highest BCUT2D eigenvalue weighted by Gasteiger charge is 2.39. The van der Waals surface area contributed by atoms with Crippen molar-refractivity contribution in [3.63, 3.8) is 0 Å². The Morgan fingerprint density at radius 3 is 2.14 bits per heavy atom. The van der Waals surface area contributed by atoms with Gasteiger partial charge in [-0.3, -0.25) is 9.59 Å². The van der Waals surface area contributed by atoms with Gasteiger partial charge in [-0.2, -0.15) is 11.5 Å². The van der Waals surface area contributed by atoms with Crippen molar-refractivity contribution < 1.29 is 9.59 Å². The molecule has 0 aliphatic heterocycles. The fraction of sp³-hybridized carbons (Fsp3) is 0.130. The molecular weight excluding hydrogens is 434 g/mol. The first-order chi connectivity index (χ1) is 13.3. The molecule has 5 heteroatoms. The fourth-order valence-corrected chi connectivity index (χ4v) is 4.92. The van der Waals surface area contributed by atoms with Crippen molar-refractivity contribution >= 4 is 49.2 Å². The van der Waals surface area contributed by atoms with E-state index in [9.17, 15) is 9.59 Å². The molecule has 0 atom stereocenters. The average Bonchev–Trinajstić information content (AvgIpc) is 2.92. The van der Waals surface area contributed by atoms with Crippen molar-refractivity contribution in [1.82, 2.24) is 0 Å². The Morgan fingerprint density at radius 2 is 1.39 bits per heavy atom. The molecule has 3 aromatic rings. The number of hydrogen-bond donors (Lipinski definition) is 0. The smallest absolute Gasteiger partial charge is 0.289 e. The number of hydrogen-bond acceptors (Lipinski definition) is 2. The molecule has 0 heterocycles. The van der Waals surface area contributed by atoms with Crippen LogP contribution in [0.3, 0.4) is 0 Å². The lowest BCUT2D eigenvalue weighted by Gasteiger charge is -2.24. The maximum atomic E-state index is 13.3. The van der Waals surface area contributed by atoms with Crippen molar-refractivity contribution in [2.45, 2.75) is 19.3 Å². The van der Waals surface area contributed by atoms with Gasteiger partial charge in [-0.05, 0) is 39.8 Å². The molecule has 0 spiro atoms. The molecule has 2 aliphatic rings. The predicted molar refractivity (Wildman–Crippen MR) is 117 cm³/mol. The van der Waals surface area contributed by atoms with Crippen LogP contribution in [0.2, 0.25) is 0 Å². The Balaban J connectivity index is 1.76. The summed E-state index contributed by atoms with van der Waals surface area (Å²) in [5, 5.41) is 0. The van der Waals surface area contributed by atoms with Crippen LogP contribution in [0.5, 0.6) is 0 Å². The molecule has 0 amide bonds. The third-order valence-corrected chi connectivity index (χ3v) is 6.78. The predicted octanol–water partition coefficient (Wildman–Crippen LogP) is 5.10. The van der Waals surface area contributed by atoms with E-state index >= 15 is 0 Å². The summed E-state index contributed by atoms with van der Waals surface area (Å²) in [5.74, 6) is -0.229. The van der Waals surface area contributed by atoms with Gasteiger partial charge in [0.2, 0.25) is 0 Å². The lowest BCUT2D eigenvalue weighted by atomic mass is 9.77. The Kier molecular flexibility index (Phi) is 3.78. The highest BCUT2D eigenvalue weighted by Crippen LogP contribution is 2.50. The van der Waals surface area contributed by atoms with Crippen molar-refractivity contribution in [2.75, 3.05) is 0 Å². The Morgan fingerprint density at radius 1 is 0.750 bits per heavy atom. The summed E-state index contributed by atoms with van der Waals surface area (Å²) in [5.41, 5.74) is 6.86. The van der Waals surface area contributed by atoms with Crippen LogP contribution in [0.1, 0.15) is 56.8 Å². The molecule has 0 aromatic heterocycles. The normalized spacial score (nSPS) is 15.6. The van der Waals surface area contributed by atoms with Gasteiger partial charge >= 0.3 is 4.95 Å². The van der Waals surface area contributed by atoms with E-state index in [-0.39, 0.29) is 17.0 Å². The minimum absolute atomic E-state index is 0.109. The van der Waals surface area contributed by atoms with Crippen LogP contribution in [0.4, 0.5) is 0 Å². The summed E-state index contributed by atoms with van der Waals surface area (Å²) < 4.78 is 0. The minimum atomic E-state index is -0.407. The average molecular weight is 450 g/mol. The van der Waals surface area contributed by atoms with Crippen LogP contribution in [-0.4, -0.2) is 16.5 Å². The number of benzene rings is 3. The van der Waals surface area contributed by atoms with Crippen molar-refractivity contribution in [2.24, 2.45) is 0 Å². The second kappa shape index (κ2) is 5.92. The van der Waals surface area contributed by atoms with Crippen LogP contribution in [0.15, 0.2) is 54.6 Å². The Labute approximate surface area is 176 Å². The van der Waals surface area contributed by atoms with Gasteiger partial charge in [-0.15, -0.1) is 15.8 Å². The molecule has 0 saturated heterocycles. The third kappa shape index (κ3) is 2.28. The van der Waals surface area contributed by atoms with Gasteiger partial charge in [-0.1, -0.05) is 56.3 Å². The van der Waals surface area contributed by atoms with Crippen LogP contribution in [0, 0.1) is 0 Å². The lowest BCUT2D eigenvalue weighted by molar-refractivity contribution is 0.0979. The van der Waals surface area contributed by atoms with Gasteiger partial charge in [0, 0.05) is 27.7 Å². The van der Waals surface area contributed by atoms with E-state index in [4.69, 9.17) is 11.5 Å². The zero-order valence-electron chi connectivity index (χ0n) is 15.3. The Hall–Kier alpha value is -2.17. The minimum Gasteiger partial charge on any atom is -0.289 e. The zero-order valence-corrected chi connectivity index (χ0v) is 17.7. The summed E-state index contributed by atoms with van der Waals surface area (Å²) in [4.78, 5) is 26.1. The summed E-state index contributed by atoms with van der Waals surface area (Å²) in [7, 11) is 0. The van der Waals surface area contributed by atoms with Gasteiger partial charge in [-0.25, -0.2) is 0 Å². The highest BCUT2D eigenvalue weighted by atomic mass is 79.9. The molecule has 5 rings (SSSR count). The van der Waals surface area contributed by atoms with E-state index in [1.54, 1.807) is 18.2 Å². The van der Waals surface area contributed by atoms with Gasteiger partial charge in [0.05, 0.1) is 0 Å². The topological polar surface area (TPSA) is 34.1 Å². The van der Waals surface area contributed by atoms with Crippen LogP contribution in [-0.2, 0) is 5.41 Å². The number of halogens is 2. The summed E-state index contributed by atoms with van der Waals surface area (Å²) in [6, 6.07) is 17.3. The zero-order chi connectivity index (χ0) is 19.8. The maximum absolute atomic E-state index is 13.3. The standard InChI is InChI=1S/C23H15BBrClO2/c1-23(2)19-6-4-3-5-13(19)15-10-17-18(11-20(15)23)22(28)16-9-12(24(25)26)7-8-14(16)21(17)27/h3-11H,1-2H3. The number of rotatable bonds is 1. The first-order valence-electron chi connectivity index (χ1n) is 9.10. The Bertz CT molecular complexity index is 1210. The first-order valence-corrected chi connectivity index (χ1v) is 10.5. The molecule has 2 nitrogen and oxygen atoms in total. The highest BCUT2D eigenvalue weighted by molar-refractivity contribution is 9.26. The van der Waals surface area contributed by atoms with Gasteiger partial charge in [0.25, 0.3) is 0 Å². The molecular formula is C23H15BBrClO2. The van der Waals surface area contributed by atoms with Gasteiger partial charge < -0.3 is 0 Å². The molecule has 0 N–H and O–H groups in total. The molecule has 0 radical (unpaired) electrons. The van der Waals surface area contributed by atoms with Gasteiger partial charge in [0.15, 0.2) is 11.6 Å². The quantitative estimate of drug-likeness (QED) is 0.379. The number of fused-ring (bicyclic) bond motifs is 5. The van der Waals surface area contributed by atoms with E-state index in [1.165, 1.54) is 5.56 Å². The number of carbonyl (C=O) groups is 2. The molecule has 2 aliphatic carbocycles. The van der Waals surface area contributed by atoms with Crippen molar-refractivity contribution in [3.05, 3.63) is 88.0 Å². The molecule has 28 heavy (non-hydrogen) atoms. The maximum Gasteiger partial charge on any atom is 0.356 e. The van der Waals surface area contributed by atoms with Crippen molar-refractivity contribution in [1.29, 1.82) is 0 Å². The monoisotopic (exact) mass is 448 g/mol. The number of ketones is 2. The molecule has 136 valence electrons. The second-order valence-corrected chi connectivity index (χ2v) is 9.76. The first kappa shape index (κ1) is 17.9. The second-order valence-electron chi connectivity index (χ2n) is 7.88. The van der Waals surface area contributed by atoms with E-state index in [0.29, 0.717) is 22.3 Å². The summed E-state index contributed by atoms with van der Waals surface area (Å²) in [6.45, 7) is 4.32. The summed E-state index contributed by atoms with van der Waals surface area (Å²) >= 11 is 9.43. The largest absolute Gasteiger partial charge is 0.356 e. The molecule has 0 saturated carbocycles. The molecule has 0 fully saturated rings. The van der Waals surface area contributed by atoms with Crippen molar-refractivity contribution in [3.8, 4) is 11.1 Å². The fourth-order valence-electron chi connectivity index (χ4n) is 4.50. The van der Waals surface area contributed by atoms with E-state index < -0.39 is 4.95 Å². The summed E-state index contributed by atoms with van der Waals surface area (Å²) in [6.07, 6.45) is 0. The van der Waals surface area contributed by atoms with Gasteiger partial charge in [0.1, 0.15) is 0 Å². The lowest BCUT2D eigenvalue weighted by Crippen LogP contribution is -2.27. The van der Waals surface area contributed by atoms with E-state index in [2.05, 4.69) is 41.7 Å². The van der Waals surface area contributed by atoms with E-state index in [1.807, 2.05) is 24.3 Å². The van der Waals surface area contributed by atoms with E-state index in [0.717, 1.165) is 22.2 Å². The molecule has 0 unspecified atom stereocenters. The SMILES string of the molecule is CC1(C)c2ccccc2-c2cc3c(cc21)C(=O)c1cc(B(Cl)Br)ccc1C3=O. The third-order valence-electron chi connectivity index (χ3n) is 6.00. The van der Waals surface area contributed by atoms with Crippen LogP contribution in [0.25, 0.3) is 11.1 Å². The number of carbonyl (C=O) groups excluding carboxylic acids is 2. The molecule has 3 aromatic carbocycles. The van der Waals surface area contributed by atoms with Crippen LogP contribution >= 0.6 is 27.2 Å².